The van der Waals surface area contributed by atoms with E-state index in [1.807, 2.05) is 41.1 Å². The Morgan fingerprint density at radius 2 is 2.07 bits per heavy atom. The fraction of sp³-hybridized carbons (Fsp3) is 0.333. The number of aromatic nitrogens is 2. The van der Waals surface area contributed by atoms with Crippen molar-refractivity contribution < 1.29 is 13.2 Å². The van der Waals surface area contributed by atoms with Crippen LogP contribution in [0.25, 0.3) is 10.9 Å². The number of nitrogens with one attached hydrogen (secondary N) is 1. The predicted octanol–water partition coefficient (Wildman–Crippen LogP) is 1.90. The van der Waals surface area contributed by atoms with E-state index in [2.05, 4.69) is 10.3 Å². The summed E-state index contributed by atoms with van der Waals surface area (Å²) >= 11 is 1.33. The Hall–Kier alpha value is -2.27. The Morgan fingerprint density at radius 1 is 1.29 bits per heavy atom. The second-order valence-corrected chi connectivity index (χ2v) is 10.0. The SMILES string of the molecule is CN(C)S(=O)(=O)N1CCc2nc(NC(=O)Cn3ccc4ccccc43)sc2C1. The number of nitrogens with zero attached hydrogens (tertiary/aromatic N) is 4. The number of fused-ring (bicyclic) bond motifs is 2. The standard InChI is InChI=1S/C18H21N5O3S2/c1-21(2)28(25,26)23-10-8-14-16(11-23)27-18(19-14)20-17(24)12-22-9-7-13-5-3-4-6-15(13)22/h3-7,9H,8,10-12H2,1-2H3,(H,19,20,24). The maximum atomic E-state index is 12.5. The zero-order chi connectivity index (χ0) is 19.9. The lowest BCUT2D eigenvalue weighted by Crippen LogP contribution is -2.42. The highest BCUT2D eigenvalue weighted by Gasteiger charge is 2.30. The van der Waals surface area contributed by atoms with Crippen LogP contribution in [0.1, 0.15) is 10.6 Å². The maximum absolute atomic E-state index is 12.5. The van der Waals surface area contributed by atoms with Crippen LogP contribution >= 0.6 is 11.3 Å². The molecule has 1 amide bonds. The zero-order valence-electron chi connectivity index (χ0n) is 15.6. The second-order valence-electron chi connectivity index (χ2n) is 6.81. The first-order valence-electron chi connectivity index (χ1n) is 8.84. The third-order valence-corrected chi connectivity index (χ3v) is 7.61. The number of anilines is 1. The lowest BCUT2D eigenvalue weighted by atomic mass is 10.2. The molecule has 8 nitrogen and oxygen atoms in total. The average Bonchev–Trinajstić information content (AvgIpc) is 3.24. The van der Waals surface area contributed by atoms with Crippen LogP contribution in [-0.4, -0.2) is 53.1 Å². The van der Waals surface area contributed by atoms with E-state index in [0.29, 0.717) is 18.1 Å². The molecule has 0 aliphatic carbocycles. The van der Waals surface area contributed by atoms with Gasteiger partial charge in [-0.1, -0.05) is 18.2 Å². The van der Waals surface area contributed by atoms with Gasteiger partial charge in [0.15, 0.2) is 5.13 Å². The summed E-state index contributed by atoms with van der Waals surface area (Å²) in [6.07, 6.45) is 2.43. The third-order valence-electron chi connectivity index (χ3n) is 4.72. The molecule has 2 aromatic heterocycles. The summed E-state index contributed by atoms with van der Waals surface area (Å²) in [6, 6.07) is 9.87. The van der Waals surface area contributed by atoms with Crippen molar-refractivity contribution in [2.24, 2.45) is 0 Å². The number of benzene rings is 1. The van der Waals surface area contributed by atoms with Crippen molar-refractivity contribution in [3.05, 3.63) is 47.1 Å². The predicted molar refractivity (Wildman–Crippen MR) is 109 cm³/mol. The number of carbonyl (C=O) groups excluding carboxylic acids is 1. The number of rotatable bonds is 5. The Balaban J connectivity index is 1.46. The van der Waals surface area contributed by atoms with Gasteiger partial charge in [-0.25, -0.2) is 4.98 Å². The molecule has 1 aliphatic rings. The molecule has 3 aromatic rings. The summed E-state index contributed by atoms with van der Waals surface area (Å²) in [5, 5.41) is 4.44. The van der Waals surface area contributed by atoms with Gasteiger partial charge in [-0.3, -0.25) is 4.79 Å². The van der Waals surface area contributed by atoms with Crippen molar-refractivity contribution in [1.82, 2.24) is 18.2 Å². The molecule has 0 saturated carbocycles. The molecule has 28 heavy (non-hydrogen) atoms. The van der Waals surface area contributed by atoms with Crippen molar-refractivity contribution in [2.45, 2.75) is 19.5 Å². The molecule has 0 saturated heterocycles. The fourth-order valence-electron chi connectivity index (χ4n) is 3.25. The average molecular weight is 420 g/mol. The number of amides is 1. The van der Waals surface area contributed by atoms with Crippen molar-refractivity contribution >= 4 is 43.5 Å². The quantitative estimate of drug-likeness (QED) is 0.684. The molecule has 1 aliphatic heterocycles. The number of thiazole rings is 1. The van der Waals surface area contributed by atoms with Crippen LogP contribution in [0.2, 0.25) is 0 Å². The van der Waals surface area contributed by atoms with Gasteiger partial charge in [0, 0.05) is 43.7 Å². The van der Waals surface area contributed by atoms with Crippen molar-refractivity contribution in [1.29, 1.82) is 0 Å². The minimum absolute atomic E-state index is 0.162. The van der Waals surface area contributed by atoms with E-state index >= 15 is 0 Å². The van der Waals surface area contributed by atoms with Gasteiger partial charge < -0.3 is 9.88 Å². The lowest BCUT2D eigenvalue weighted by Gasteiger charge is -2.27. The molecule has 1 aromatic carbocycles. The lowest BCUT2D eigenvalue weighted by molar-refractivity contribution is -0.116. The van der Waals surface area contributed by atoms with Gasteiger partial charge in [-0.2, -0.15) is 17.0 Å². The van der Waals surface area contributed by atoms with Gasteiger partial charge in [-0.15, -0.1) is 11.3 Å². The first-order valence-corrected chi connectivity index (χ1v) is 11.1. The highest BCUT2D eigenvalue weighted by atomic mass is 32.2. The maximum Gasteiger partial charge on any atom is 0.281 e. The minimum atomic E-state index is -3.46. The second kappa shape index (κ2) is 7.28. The molecule has 3 heterocycles. The number of hydrogen-bond acceptors (Lipinski definition) is 5. The summed E-state index contributed by atoms with van der Waals surface area (Å²) in [4.78, 5) is 17.8. The summed E-state index contributed by atoms with van der Waals surface area (Å²) in [6.45, 7) is 0.866. The number of para-hydroxylation sites is 1. The first-order chi connectivity index (χ1) is 13.3. The Bertz CT molecular complexity index is 1130. The molecule has 0 spiro atoms. The Morgan fingerprint density at radius 3 is 2.86 bits per heavy atom. The van der Waals surface area contributed by atoms with Gasteiger partial charge in [0.25, 0.3) is 10.2 Å². The summed E-state index contributed by atoms with van der Waals surface area (Å²) in [7, 11) is -0.413. The number of hydrogen-bond donors (Lipinski definition) is 1. The van der Waals surface area contributed by atoms with Crippen molar-refractivity contribution in [3.63, 3.8) is 0 Å². The van der Waals surface area contributed by atoms with Gasteiger partial charge in [0.05, 0.1) is 12.2 Å². The minimum Gasteiger partial charge on any atom is -0.338 e. The van der Waals surface area contributed by atoms with Crippen molar-refractivity contribution in [2.75, 3.05) is 26.0 Å². The normalized spacial score (nSPS) is 15.1. The van der Waals surface area contributed by atoms with Gasteiger partial charge >= 0.3 is 0 Å². The van der Waals surface area contributed by atoms with Crippen LogP contribution in [0.4, 0.5) is 5.13 Å². The molecule has 0 atom stereocenters. The topological polar surface area (TPSA) is 87.5 Å². The zero-order valence-corrected chi connectivity index (χ0v) is 17.3. The summed E-state index contributed by atoms with van der Waals surface area (Å²) in [5.74, 6) is -0.162. The largest absolute Gasteiger partial charge is 0.338 e. The van der Waals surface area contributed by atoms with E-state index in [1.54, 1.807) is 0 Å². The van der Waals surface area contributed by atoms with Crippen LogP contribution in [-0.2, 0) is 34.5 Å². The van der Waals surface area contributed by atoms with Crippen LogP contribution in [0.5, 0.6) is 0 Å². The smallest absolute Gasteiger partial charge is 0.281 e. The van der Waals surface area contributed by atoms with Crippen LogP contribution < -0.4 is 5.32 Å². The van der Waals surface area contributed by atoms with E-state index < -0.39 is 10.2 Å². The molecule has 4 rings (SSSR count). The molecular formula is C18H21N5O3S2. The highest BCUT2D eigenvalue weighted by molar-refractivity contribution is 7.86. The van der Waals surface area contributed by atoms with Crippen molar-refractivity contribution in [3.8, 4) is 0 Å². The summed E-state index contributed by atoms with van der Waals surface area (Å²) < 4.78 is 29.2. The van der Waals surface area contributed by atoms with E-state index in [9.17, 15) is 13.2 Å². The first kappa shape index (κ1) is 19.1. The van der Waals surface area contributed by atoms with Gasteiger partial charge in [0.2, 0.25) is 5.91 Å². The molecule has 1 N–H and O–H groups in total. The Labute approximate surface area is 167 Å². The molecule has 148 valence electrons. The van der Waals surface area contributed by atoms with E-state index in [-0.39, 0.29) is 19.0 Å². The molecular weight excluding hydrogens is 398 g/mol. The molecule has 0 unspecified atom stereocenters. The van der Waals surface area contributed by atoms with Crippen LogP contribution in [0.15, 0.2) is 36.5 Å². The molecule has 0 bridgehead atoms. The molecule has 0 fully saturated rings. The molecule has 0 radical (unpaired) electrons. The molecule has 10 heteroatoms. The Kier molecular flexibility index (Phi) is 4.96. The fourth-order valence-corrected chi connectivity index (χ4v) is 5.44. The van der Waals surface area contributed by atoms with Crippen LogP contribution in [0, 0.1) is 0 Å². The van der Waals surface area contributed by atoms with Crippen LogP contribution in [0.3, 0.4) is 0 Å². The van der Waals surface area contributed by atoms with E-state index in [4.69, 9.17) is 0 Å². The number of carbonyl (C=O) groups is 1. The highest BCUT2D eigenvalue weighted by Crippen LogP contribution is 2.30. The third kappa shape index (κ3) is 3.55. The van der Waals surface area contributed by atoms with E-state index in [1.165, 1.54) is 34.0 Å². The van der Waals surface area contributed by atoms with Gasteiger partial charge in [-0.05, 0) is 17.5 Å². The monoisotopic (exact) mass is 419 g/mol. The van der Waals surface area contributed by atoms with E-state index in [0.717, 1.165) is 21.5 Å². The summed E-state index contributed by atoms with van der Waals surface area (Å²) in [5.41, 5.74) is 1.86. The van der Waals surface area contributed by atoms with Gasteiger partial charge in [0.1, 0.15) is 6.54 Å².